The number of nitrogens with one attached hydrogen (secondary N) is 1. The molecule has 1 N–H and O–H groups in total. The molecule has 0 radical (unpaired) electrons. The summed E-state index contributed by atoms with van der Waals surface area (Å²) in [4.78, 5) is 7.80. The largest absolute Gasteiger partial charge is 0.493 e. The fourth-order valence-electron chi connectivity index (χ4n) is 2.96. The molecule has 5 heteroatoms. The van der Waals surface area contributed by atoms with E-state index < -0.39 is 0 Å². The minimum absolute atomic E-state index is 0.110. The van der Waals surface area contributed by atoms with E-state index in [1.54, 1.807) is 25.3 Å². The molecule has 0 unspecified atom stereocenters. The van der Waals surface area contributed by atoms with E-state index in [0.717, 1.165) is 22.4 Å². The average molecular weight is 374 g/mol. The van der Waals surface area contributed by atoms with Gasteiger partial charge in [0.15, 0.2) is 11.5 Å². The Balaban J connectivity index is 1.62. The molecule has 0 aliphatic rings. The number of aromatic nitrogens is 2. The summed E-state index contributed by atoms with van der Waals surface area (Å²) < 4.78 is 25.3. The van der Waals surface area contributed by atoms with Crippen LogP contribution in [0.1, 0.15) is 17.0 Å². The second kappa shape index (κ2) is 7.96. The van der Waals surface area contributed by atoms with Gasteiger partial charge in [0.05, 0.1) is 18.1 Å². The van der Waals surface area contributed by atoms with E-state index in [0.29, 0.717) is 17.1 Å². The van der Waals surface area contributed by atoms with Gasteiger partial charge in [-0.3, -0.25) is 0 Å². The lowest BCUT2D eigenvalue weighted by Crippen LogP contribution is -2.01. The molecular formula is C23H19FN2O2. The number of benzene rings is 3. The molecule has 0 saturated heterocycles. The quantitative estimate of drug-likeness (QED) is 0.487. The van der Waals surface area contributed by atoms with E-state index in [2.05, 4.69) is 9.97 Å². The fourth-order valence-corrected chi connectivity index (χ4v) is 2.96. The summed E-state index contributed by atoms with van der Waals surface area (Å²) in [6.45, 7) is 0.110. The van der Waals surface area contributed by atoms with Crippen molar-refractivity contribution in [1.29, 1.82) is 0 Å². The third kappa shape index (κ3) is 3.74. The van der Waals surface area contributed by atoms with Crippen LogP contribution < -0.4 is 9.47 Å². The molecule has 0 bridgehead atoms. The van der Waals surface area contributed by atoms with Crippen molar-refractivity contribution in [3.05, 3.63) is 89.5 Å². The molecule has 3 aromatic carbocycles. The molecule has 140 valence electrons. The summed E-state index contributed by atoms with van der Waals surface area (Å²) in [6, 6.07) is 20.0. The van der Waals surface area contributed by atoms with Crippen LogP contribution >= 0.6 is 0 Å². The van der Waals surface area contributed by atoms with Crippen molar-refractivity contribution in [2.24, 2.45) is 0 Å². The Bertz CT molecular complexity index is 1100. The van der Waals surface area contributed by atoms with Gasteiger partial charge in [-0.05, 0) is 36.4 Å². The van der Waals surface area contributed by atoms with Crippen molar-refractivity contribution >= 4 is 23.2 Å². The van der Waals surface area contributed by atoms with Crippen LogP contribution in [-0.4, -0.2) is 17.1 Å². The number of aromatic amines is 1. The Morgan fingerprint density at radius 2 is 1.79 bits per heavy atom. The zero-order valence-corrected chi connectivity index (χ0v) is 15.4. The van der Waals surface area contributed by atoms with Crippen LogP contribution in [0.3, 0.4) is 0 Å². The van der Waals surface area contributed by atoms with E-state index in [-0.39, 0.29) is 12.4 Å². The van der Waals surface area contributed by atoms with Crippen LogP contribution in [0, 0.1) is 5.82 Å². The van der Waals surface area contributed by atoms with Crippen LogP contribution in [-0.2, 0) is 6.61 Å². The standard InChI is InChI=1S/C23H19FN2O2/c1-27-21-12-6-8-16(23(21)28-15-17-7-2-3-9-18(17)24)13-14-22-25-19-10-4-5-11-20(19)26-22/h2-14H,15H2,1H3,(H,25,26)/b14-13+. The lowest BCUT2D eigenvalue weighted by Gasteiger charge is -2.13. The Morgan fingerprint density at radius 3 is 2.61 bits per heavy atom. The number of rotatable bonds is 6. The van der Waals surface area contributed by atoms with E-state index in [1.165, 1.54) is 6.07 Å². The van der Waals surface area contributed by atoms with Crippen LogP contribution in [0.4, 0.5) is 4.39 Å². The van der Waals surface area contributed by atoms with Crippen LogP contribution in [0.25, 0.3) is 23.2 Å². The molecule has 0 spiro atoms. The van der Waals surface area contributed by atoms with Crippen molar-refractivity contribution in [2.45, 2.75) is 6.61 Å². The van der Waals surface area contributed by atoms with Gasteiger partial charge in [-0.15, -0.1) is 0 Å². The molecule has 0 saturated carbocycles. The Morgan fingerprint density at radius 1 is 0.964 bits per heavy atom. The lowest BCUT2D eigenvalue weighted by molar-refractivity contribution is 0.279. The van der Waals surface area contributed by atoms with E-state index in [1.807, 2.05) is 54.6 Å². The number of H-pyrrole nitrogens is 1. The van der Waals surface area contributed by atoms with Crippen molar-refractivity contribution in [3.8, 4) is 11.5 Å². The maximum atomic E-state index is 13.9. The molecule has 0 aliphatic carbocycles. The molecular weight excluding hydrogens is 355 g/mol. The highest BCUT2D eigenvalue weighted by atomic mass is 19.1. The van der Waals surface area contributed by atoms with Crippen molar-refractivity contribution < 1.29 is 13.9 Å². The number of halogens is 1. The van der Waals surface area contributed by atoms with Gasteiger partial charge in [0.2, 0.25) is 0 Å². The average Bonchev–Trinajstić information content (AvgIpc) is 3.15. The predicted molar refractivity (Wildman–Crippen MR) is 109 cm³/mol. The number of imidazole rings is 1. The topological polar surface area (TPSA) is 47.1 Å². The molecule has 1 heterocycles. The van der Waals surface area contributed by atoms with Gasteiger partial charge in [-0.25, -0.2) is 9.37 Å². The van der Waals surface area contributed by atoms with Crippen molar-refractivity contribution in [3.63, 3.8) is 0 Å². The normalized spacial score (nSPS) is 11.2. The van der Waals surface area contributed by atoms with E-state index in [4.69, 9.17) is 9.47 Å². The summed E-state index contributed by atoms with van der Waals surface area (Å²) in [7, 11) is 1.58. The number of hydrogen-bond acceptors (Lipinski definition) is 3. The highest BCUT2D eigenvalue weighted by Crippen LogP contribution is 2.33. The summed E-state index contributed by atoms with van der Waals surface area (Å²) >= 11 is 0. The van der Waals surface area contributed by atoms with Gasteiger partial charge >= 0.3 is 0 Å². The maximum Gasteiger partial charge on any atom is 0.168 e. The molecule has 0 amide bonds. The van der Waals surface area contributed by atoms with Crippen LogP contribution in [0.5, 0.6) is 11.5 Å². The number of ether oxygens (including phenoxy) is 2. The number of methoxy groups -OCH3 is 1. The van der Waals surface area contributed by atoms with Gasteiger partial charge in [-0.2, -0.15) is 0 Å². The number of nitrogens with zero attached hydrogens (tertiary/aromatic N) is 1. The second-order valence-corrected chi connectivity index (χ2v) is 6.23. The zero-order chi connectivity index (χ0) is 19.3. The zero-order valence-electron chi connectivity index (χ0n) is 15.4. The molecule has 1 aromatic heterocycles. The van der Waals surface area contributed by atoms with Gasteiger partial charge in [0, 0.05) is 11.1 Å². The minimum atomic E-state index is -0.295. The molecule has 0 atom stereocenters. The summed E-state index contributed by atoms with van der Waals surface area (Å²) in [5.74, 6) is 1.59. The molecule has 0 fully saturated rings. The van der Waals surface area contributed by atoms with Crippen molar-refractivity contribution in [1.82, 2.24) is 9.97 Å². The van der Waals surface area contributed by atoms with Gasteiger partial charge in [0.1, 0.15) is 18.2 Å². The van der Waals surface area contributed by atoms with Gasteiger partial charge in [0.25, 0.3) is 0 Å². The smallest absolute Gasteiger partial charge is 0.168 e. The maximum absolute atomic E-state index is 13.9. The van der Waals surface area contributed by atoms with E-state index >= 15 is 0 Å². The number of para-hydroxylation sites is 3. The van der Waals surface area contributed by atoms with Crippen LogP contribution in [0.15, 0.2) is 66.7 Å². The Hall–Kier alpha value is -3.60. The highest BCUT2D eigenvalue weighted by Gasteiger charge is 2.11. The Kier molecular flexibility index (Phi) is 5.06. The molecule has 0 aliphatic heterocycles. The lowest BCUT2D eigenvalue weighted by atomic mass is 10.1. The third-order valence-electron chi connectivity index (χ3n) is 4.39. The first-order valence-corrected chi connectivity index (χ1v) is 8.90. The Labute approximate surface area is 162 Å². The van der Waals surface area contributed by atoms with Gasteiger partial charge in [-0.1, -0.05) is 42.5 Å². The van der Waals surface area contributed by atoms with E-state index in [9.17, 15) is 4.39 Å². The molecule has 4 aromatic rings. The minimum Gasteiger partial charge on any atom is -0.493 e. The summed E-state index contributed by atoms with van der Waals surface area (Å²) in [5.41, 5.74) is 3.18. The SMILES string of the molecule is COc1cccc(/C=C/c2nc3ccccc3[nH]2)c1OCc1ccccc1F. The van der Waals surface area contributed by atoms with Gasteiger partial charge < -0.3 is 14.5 Å². The third-order valence-corrected chi connectivity index (χ3v) is 4.39. The van der Waals surface area contributed by atoms with Crippen LogP contribution in [0.2, 0.25) is 0 Å². The number of fused-ring (bicyclic) bond motifs is 1. The number of hydrogen-bond donors (Lipinski definition) is 1. The monoisotopic (exact) mass is 374 g/mol. The second-order valence-electron chi connectivity index (χ2n) is 6.23. The molecule has 4 nitrogen and oxygen atoms in total. The molecule has 4 rings (SSSR count). The first kappa shape index (κ1) is 17.8. The first-order chi connectivity index (χ1) is 13.7. The first-order valence-electron chi connectivity index (χ1n) is 8.90. The predicted octanol–water partition coefficient (Wildman–Crippen LogP) is 5.46. The summed E-state index contributed by atoms with van der Waals surface area (Å²) in [6.07, 6.45) is 3.78. The fraction of sp³-hybridized carbons (Fsp3) is 0.0870. The highest BCUT2D eigenvalue weighted by molar-refractivity contribution is 5.79. The van der Waals surface area contributed by atoms with Crippen molar-refractivity contribution in [2.75, 3.05) is 7.11 Å². The molecule has 28 heavy (non-hydrogen) atoms. The summed E-state index contributed by atoms with van der Waals surface area (Å²) in [5, 5.41) is 0.